The molecule has 1 aromatic rings. The maximum Gasteiger partial charge on any atom is 0.328 e. The van der Waals surface area contributed by atoms with Crippen LogP contribution in [0.2, 0.25) is 0 Å². The molecule has 1 atom stereocenters. The van der Waals surface area contributed by atoms with Crippen LogP contribution in [0.1, 0.15) is 17.3 Å². The van der Waals surface area contributed by atoms with Crippen LogP contribution in [0.25, 0.3) is 5.70 Å². The zero-order valence-corrected chi connectivity index (χ0v) is 11.4. The number of amides is 1. The van der Waals surface area contributed by atoms with Gasteiger partial charge in [0.25, 0.3) is 5.91 Å². The molecule has 1 aromatic heterocycles. The van der Waals surface area contributed by atoms with Crippen molar-refractivity contribution in [3.63, 3.8) is 0 Å². The monoisotopic (exact) mass is 276 g/mol. The summed E-state index contributed by atoms with van der Waals surface area (Å²) in [5, 5.41) is 6.51. The highest BCUT2D eigenvalue weighted by Gasteiger charge is 2.18. The number of hydrogen-bond acceptors (Lipinski definition) is 5. The number of nitrogens with zero attached hydrogens (tertiary/aromatic N) is 3. The Bertz CT molecular complexity index is 560. The Labute approximate surface area is 116 Å². The Hall–Kier alpha value is -2.70. The van der Waals surface area contributed by atoms with Crippen molar-refractivity contribution in [1.82, 2.24) is 15.1 Å². The molecule has 7 nitrogen and oxygen atoms in total. The van der Waals surface area contributed by atoms with Crippen molar-refractivity contribution >= 4 is 24.3 Å². The first-order valence-corrected chi connectivity index (χ1v) is 5.75. The molecule has 0 aliphatic heterocycles. The predicted octanol–water partition coefficient (Wildman–Crippen LogP) is 0.859. The number of nitrogens with one attached hydrogen (secondary N) is 1. The highest BCUT2D eigenvalue weighted by molar-refractivity contribution is 5.96. The minimum Gasteiger partial charge on any atom is -0.467 e. The first-order chi connectivity index (χ1) is 9.53. The van der Waals surface area contributed by atoms with Gasteiger partial charge in [0.15, 0.2) is 0 Å². The minimum absolute atomic E-state index is 0.303. The second-order valence-electron chi connectivity index (χ2n) is 3.83. The third-order valence-electron chi connectivity index (χ3n) is 2.44. The molecule has 0 spiro atoms. The quantitative estimate of drug-likeness (QED) is 0.474. The Morgan fingerprint density at radius 1 is 1.60 bits per heavy atom. The van der Waals surface area contributed by atoms with Gasteiger partial charge in [-0.15, -0.1) is 0 Å². The molecule has 0 aliphatic carbocycles. The van der Waals surface area contributed by atoms with Crippen LogP contribution < -0.4 is 5.32 Å². The fourth-order valence-electron chi connectivity index (χ4n) is 1.40. The van der Waals surface area contributed by atoms with E-state index in [1.54, 1.807) is 0 Å². The van der Waals surface area contributed by atoms with Crippen LogP contribution in [-0.4, -0.2) is 41.5 Å². The van der Waals surface area contributed by atoms with Gasteiger partial charge in [-0.1, -0.05) is 6.58 Å². The topological polar surface area (TPSA) is 85.6 Å². The number of aliphatic imine (C=N–C) groups is 1. The molecule has 1 rings (SSSR count). The fourth-order valence-corrected chi connectivity index (χ4v) is 1.40. The summed E-state index contributed by atoms with van der Waals surface area (Å²) in [4.78, 5) is 26.7. The lowest BCUT2D eigenvalue weighted by molar-refractivity contribution is -0.142. The molecule has 1 heterocycles. The maximum atomic E-state index is 11.9. The molecule has 0 fully saturated rings. The smallest absolute Gasteiger partial charge is 0.328 e. The van der Waals surface area contributed by atoms with E-state index in [1.807, 2.05) is 0 Å². The van der Waals surface area contributed by atoms with Crippen molar-refractivity contribution in [2.24, 2.45) is 4.99 Å². The van der Waals surface area contributed by atoms with Gasteiger partial charge in [-0.25, -0.2) is 9.48 Å². The first-order valence-electron chi connectivity index (χ1n) is 5.75. The molecule has 7 heteroatoms. The van der Waals surface area contributed by atoms with Gasteiger partial charge < -0.3 is 10.1 Å². The summed E-state index contributed by atoms with van der Waals surface area (Å²) in [6.45, 7) is 8.48. The summed E-state index contributed by atoms with van der Waals surface area (Å²) in [6.07, 6.45) is 5.86. The second kappa shape index (κ2) is 7.03. The Morgan fingerprint density at radius 2 is 2.30 bits per heavy atom. The standard InChI is InChI=1S/C13H16N4O3/c1-5-11(7-14-3)17-8-10(6-15-17)12(18)16-9(2)13(19)20-4/h5-9H,1,3H2,2,4H3,(H,16,18)/b11-7+. The van der Waals surface area contributed by atoms with E-state index in [0.29, 0.717) is 11.3 Å². The number of allylic oxidation sites excluding steroid dienone is 2. The summed E-state index contributed by atoms with van der Waals surface area (Å²) < 4.78 is 5.96. The molecule has 0 radical (unpaired) electrons. The van der Waals surface area contributed by atoms with Gasteiger partial charge in [-0.2, -0.15) is 5.10 Å². The largest absolute Gasteiger partial charge is 0.467 e. The number of esters is 1. The SMILES string of the molecule is C=C/C(=C\N=C)n1cc(C(=O)NC(C)C(=O)OC)cn1. The Kier molecular flexibility index (Phi) is 5.40. The zero-order valence-electron chi connectivity index (χ0n) is 11.4. The van der Waals surface area contributed by atoms with Crippen molar-refractivity contribution in [3.8, 4) is 0 Å². The molecule has 106 valence electrons. The third kappa shape index (κ3) is 3.64. The number of rotatable bonds is 6. The Morgan fingerprint density at radius 3 is 2.85 bits per heavy atom. The molecule has 0 aromatic carbocycles. The Balaban J connectivity index is 2.84. The van der Waals surface area contributed by atoms with E-state index in [2.05, 4.69) is 33.4 Å². The van der Waals surface area contributed by atoms with Gasteiger partial charge in [0.05, 0.1) is 30.8 Å². The van der Waals surface area contributed by atoms with Crippen LogP contribution in [0.15, 0.2) is 36.2 Å². The van der Waals surface area contributed by atoms with Crippen LogP contribution in [0.5, 0.6) is 0 Å². The van der Waals surface area contributed by atoms with E-state index in [9.17, 15) is 9.59 Å². The van der Waals surface area contributed by atoms with E-state index < -0.39 is 17.9 Å². The average molecular weight is 276 g/mol. The molecular weight excluding hydrogens is 260 g/mol. The number of methoxy groups -OCH3 is 1. The number of ether oxygens (including phenoxy) is 1. The molecule has 0 bridgehead atoms. The lowest BCUT2D eigenvalue weighted by atomic mass is 10.3. The van der Waals surface area contributed by atoms with E-state index in [1.165, 1.54) is 43.4 Å². The third-order valence-corrected chi connectivity index (χ3v) is 2.44. The van der Waals surface area contributed by atoms with Crippen LogP contribution in [-0.2, 0) is 9.53 Å². The van der Waals surface area contributed by atoms with Gasteiger partial charge in [0.1, 0.15) is 6.04 Å². The summed E-state index contributed by atoms with van der Waals surface area (Å²) in [7, 11) is 1.26. The summed E-state index contributed by atoms with van der Waals surface area (Å²) in [5.41, 5.74) is 0.873. The van der Waals surface area contributed by atoms with Crippen LogP contribution in [0.4, 0.5) is 0 Å². The molecule has 0 aliphatic rings. The fraction of sp³-hybridized carbons (Fsp3) is 0.231. The number of hydrogen-bond donors (Lipinski definition) is 1. The summed E-state index contributed by atoms with van der Waals surface area (Å²) in [5.74, 6) is -0.947. The minimum atomic E-state index is -0.736. The normalized spacial score (nSPS) is 12.4. The molecule has 1 N–H and O–H groups in total. The van der Waals surface area contributed by atoms with Crippen LogP contribution >= 0.6 is 0 Å². The molecule has 1 unspecified atom stereocenters. The van der Waals surface area contributed by atoms with Gasteiger partial charge in [0.2, 0.25) is 0 Å². The van der Waals surface area contributed by atoms with E-state index in [4.69, 9.17) is 0 Å². The number of carbonyl (C=O) groups excluding carboxylic acids is 2. The summed E-state index contributed by atoms with van der Waals surface area (Å²) >= 11 is 0. The maximum absolute atomic E-state index is 11.9. The van der Waals surface area contributed by atoms with Crippen LogP contribution in [0.3, 0.4) is 0 Å². The predicted molar refractivity (Wildman–Crippen MR) is 75.2 cm³/mol. The van der Waals surface area contributed by atoms with Crippen molar-refractivity contribution in [1.29, 1.82) is 0 Å². The van der Waals surface area contributed by atoms with Gasteiger partial charge in [-0.3, -0.25) is 9.79 Å². The van der Waals surface area contributed by atoms with E-state index in [0.717, 1.165) is 0 Å². The zero-order chi connectivity index (χ0) is 15.1. The van der Waals surface area contributed by atoms with Crippen molar-refractivity contribution in [2.45, 2.75) is 13.0 Å². The molecule has 20 heavy (non-hydrogen) atoms. The average Bonchev–Trinajstić information content (AvgIpc) is 2.93. The summed E-state index contributed by atoms with van der Waals surface area (Å²) in [6, 6.07) is -0.736. The highest BCUT2D eigenvalue weighted by atomic mass is 16.5. The van der Waals surface area contributed by atoms with Crippen molar-refractivity contribution in [2.75, 3.05) is 7.11 Å². The van der Waals surface area contributed by atoms with Crippen LogP contribution in [0, 0.1) is 0 Å². The van der Waals surface area contributed by atoms with Gasteiger partial charge in [-0.05, 0) is 19.7 Å². The van der Waals surface area contributed by atoms with E-state index >= 15 is 0 Å². The molecule has 0 saturated heterocycles. The number of aromatic nitrogens is 2. The van der Waals surface area contributed by atoms with Crippen molar-refractivity contribution in [3.05, 3.63) is 36.8 Å². The second-order valence-corrected chi connectivity index (χ2v) is 3.83. The molecule has 1 amide bonds. The first kappa shape index (κ1) is 15.4. The van der Waals surface area contributed by atoms with Gasteiger partial charge in [0, 0.05) is 6.20 Å². The lowest BCUT2D eigenvalue weighted by Crippen LogP contribution is -2.39. The van der Waals surface area contributed by atoms with Gasteiger partial charge >= 0.3 is 5.97 Å². The lowest BCUT2D eigenvalue weighted by Gasteiger charge is -2.10. The highest BCUT2D eigenvalue weighted by Crippen LogP contribution is 2.07. The van der Waals surface area contributed by atoms with E-state index in [-0.39, 0.29) is 0 Å². The molecular formula is C13H16N4O3. The number of carbonyl (C=O) groups is 2. The molecule has 0 saturated carbocycles. The van der Waals surface area contributed by atoms with Crippen molar-refractivity contribution < 1.29 is 14.3 Å².